The molecule has 0 spiro atoms. The van der Waals surface area contributed by atoms with Crippen LogP contribution in [0.2, 0.25) is 0 Å². The normalized spacial score (nSPS) is 17.6. The number of nitrogens with one attached hydrogen (secondary N) is 1. The minimum atomic E-state index is -3.53. The lowest BCUT2D eigenvalue weighted by Gasteiger charge is -2.15. The first-order valence-electron chi connectivity index (χ1n) is 7.03. The van der Waals surface area contributed by atoms with E-state index in [9.17, 15) is 8.42 Å². The molecule has 5 nitrogen and oxygen atoms in total. The van der Waals surface area contributed by atoms with E-state index in [0.717, 1.165) is 16.9 Å². The van der Waals surface area contributed by atoms with Gasteiger partial charge in [-0.3, -0.25) is 0 Å². The molecule has 2 rings (SSSR count). The summed E-state index contributed by atoms with van der Waals surface area (Å²) in [7, 11) is -3.53. The predicted octanol–water partition coefficient (Wildman–Crippen LogP) is 1.54. The fraction of sp³-hybridized carbons (Fsp3) is 0.467. The number of ether oxygens (including phenoxy) is 1. The van der Waals surface area contributed by atoms with Gasteiger partial charge in [0.1, 0.15) is 11.9 Å². The van der Waals surface area contributed by atoms with Crippen LogP contribution in [0.3, 0.4) is 0 Å². The van der Waals surface area contributed by atoms with E-state index in [1.165, 1.54) is 6.08 Å². The quantitative estimate of drug-likeness (QED) is 0.781. The topological polar surface area (TPSA) is 81.4 Å². The molecule has 0 radical (unpaired) electrons. The van der Waals surface area contributed by atoms with Crippen LogP contribution in [0.5, 0.6) is 5.75 Å². The third-order valence-electron chi connectivity index (χ3n) is 3.51. The van der Waals surface area contributed by atoms with Gasteiger partial charge in [-0.1, -0.05) is 19.9 Å². The van der Waals surface area contributed by atoms with Crippen molar-refractivity contribution < 1.29 is 13.2 Å². The molecule has 1 heterocycles. The molecule has 116 valence electrons. The molecule has 0 saturated carbocycles. The van der Waals surface area contributed by atoms with Crippen LogP contribution in [0.25, 0.3) is 0 Å². The predicted molar refractivity (Wildman–Crippen MR) is 83.1 cm³/mol. The van der Waals surface area contributed by atoms with Crippen molar-refractivity contribution in [2.75, 3.05) is 13.1 Å². The van der Waals surface area contributed by atoms with Gasteiger partial charge in [-0.25, -0.2) is 13.1 Å². The first kappa shape index (κ1) is 16.0. The van der Waals surface area contributed by atoms with Crippen LogP contribution in [0.15, 0.2) is 29.7 Å². The Hall–Kier alpha value is -1.37. The highest BCUT2D eigenvalue weighted by atomic mass is 32.2. The molecule has 0 aromatic heterocycles. The van der Waals surface area contributed by atoms with Crippen molar-refractivity contribution >= 4 is 10.0 Å². The molecular formula is C15H22N2O3S. The van der Waals surface area contributed by atoms with E-state index < -0.39 is 10.0 Å². The van der Waals surface area contributed by atoms with Crippen molar-refractivity contribution in [1.29, 1.82) is 0 Å². The van der Waals surface area contributed by atoms with Gasteiger partial charge in [0, 0.05) is 19.5 Å². The highest BCUT2D eigenvalue weighted by molar-refractivity contribution is 7.89. The summed E-state index contributed by atoms with van der Waals surface area (Å²) in [6, 6.07) is 3.37. The number of hydrogen-bond acceptors (Lipinski definition) is 4. The summed E-state index contributed by atoms with van der Waals surface area (Å²) < 4.78 is 32.9. The third-order valence-corrected chi connectivity index (χ3v) is 4.92. The Morgan fingerprint density at radius 2 is 2.24 bits per heavy atom. The van der Waals surface area contributed by atoms with Gasteiger partial charge in [0.25, 0.3) is 0 Å². The fourth-order valence-electron chi connectivity index (χ4n) is 2.40. The largest absolute Gasteiger partial charge is 0.488 e. The first-order chi connectivity index (χ1) is 9.89. The Bertz CT molecular complexity index is 639. The second-order valence-corrected chi connectivity index (χ2v) is 7.24. The zero-order valence-corrected chi connectivity index (χ0v) is 13.2. The molecule has 1 aliphatic rings. The van der Waals surface area contributed by atoms with Crippen LogP contribution >= 0.6 is 0 Å². The first-order valence-corrected chi connectivity index (χ1v) is 8.51. The number of rotatable bonds is 6. The van der Waals surface area contributed by atoms with E-state index in [-0.39, 0.29) is 23.5 Å². The van der Waals surface area contributed by atoms with Crippen molar-refractivity contribution in [1.82, 2.24) is 4.72 Å². The van der Waals surface area contributed by atoms with Gasteiger partial charge in [-0.15, -0.1) is 6.58 Å². The minimum absolute atomic E-state index is 0.0726. The SMILES string of the molecule is C=CCNS(=O)(=O)c1cc2c(c(C(C)C)c1)OC(CN)C2. The molecule has 1 unspecified atom stereocenters. The van der Waals surface area contributed by atoms with Crippen molar-refractivity contribution in [2.45, 2.75) is 37.2 Å². The lowest BCUT2D eigenvalue weighted by Crippen LogP contribution is -2.24. The average molecular weight is 310 g/mol. The number of sulfonamides is 1. The van der Waals surface area contributed by atoms with E-state index in [2.05, 4.69) is 11.3 Å². The standard InChI is InChI=1S/C15H22N2O3S/c1-4-5-17-21(18,19)13-7-11-6-12(9-16)20-15(11)14(8-13)10(2)3/h4,7-8,10,12,17H,1,5-6,9,16H2,2-3H3. The second kappa shape index (κ2) is 6.17. The molecule has 0 saturated heterocycles. The van der Waals surface area contributed by atoms with Crippen molar-refractivity contribution in [3.8, 4) is 5.75 Å². The van der Waals surface area contributed by atoms with Crippen molar-refractivity contribution in [3.05, 3.63) is 35.9 Å². The summed E-state index contributed by atoms with van der Waals surface area (Å²) in [5, 5.41) is 0. The Labute approximate surface area is 126 Å². The van der Waals surface area contributed by atoms with E-state index in [1.807, 2.05) is 13.8 Å². The number of nitrogens with two attached hydrogens (primary N) is 1. The average Bonchev–Trinajstić information content (AvgIpc) is 2.86. The second-order valence-electron chi connectivity index (χ2n) is 5.48. The van der Waals surface area contributed by atoms with E-state index >= 15 is 0 Å². The molecule has 1 atom stereocenters. The number of fused-ring (bicyclic) bond motifs is 1. The Balaban J connectivity index is 2.47. The third kappa shape index (κ3) is 3.28. The molecule has 0 fully saturated rings. The van der Waals surface area contributed by atoms with Crippen molar-refractivity contribution in [3.63, 3.8) is 0 Å². The smallest absolute Gasteiger partial charge is 0.240 e. The molecule has 0 amide bonds. The Morgan fingerprint density at radius 3 is 2.81 bits per heavy atom. The molecule has 0 bridgehead atoms. The zero-order valence-electron chi connectivity index (χ0n) is 12.4. The van der Waals surface area contributed by atoms with E-state index in [0.29, 0.717) is 13.0 Å². The Morgan fingerprint density at radius 1 is 1.52 bits per heavy atom. The molecule has 6 heteroatoms. The number of benzene rings is 1. The van der Waals surface area contributed by atoms with Gasteiger partial charge in [0.05, 0.1) is 4.90 Å². The van der Waals surface area contributed by atoms with Crippen LogP contribution in [-0.2, 0) is 16.4 Å². The minimum Gasteiger partial charge on any atom is -0.488 e. The molecule has 1 aromatic carbocycles. The van der Waals surface area contributed by atoms with Crippen LogP contribution in [0.4, 0.5) is 0 Å². The molecule has 21 heavy (non-hydrogen) atoms. The van der Waals surface area contributed by atoms with Gasteiger partial charge in [0.15, 0.2) is 0 Å². The highest BCUT2D eigenvalue weighted by Crippen LogP contribution is 2.38. The monoisotopic (exact) mass is 310 g/mol. The van der Waals surface area contributed by atoms with Gasteiger partial charge in [-0.2, -0.15) is 0 Å². The van der Waals surface area contributed by atoms with Gasteiger partial charge in [-0.05, 0) is 29.2 Å². The molecule has 0 aliphatic carbocycles. The molecular weight excluding hydrogens is 288 g/mol. The van der Waals surface area contributed by atoms with Gasteiger partial charge in [0.2, 0.25) is 10.0 Å². The molecule has 1 aromatic rings. The Kier molecular flexibility index (Phi) is 4.70. The highest BCUT2D eigenvalue weighted by Gasteiger charge is 2.28. The lowest BCUT2D eigenvalue weighted by molar-refractivity contribution is 0.239. The van der Waals surface area contributed by atoms with E-state index in [4.69, 9.17) is 10.5 Å². The maximum absolute atomic E-state index is 12.3. The van der Waals surface area contributed by atoms with Crippen molar-refractivity contribution in [2.24, 2.45) is 5.73 Å². The maximum Gasteiger partial charge on any atom is 0.240 e. The van der Waals surface area contributed by atoms with Crippen LogP contribution < -0.4 is 15.2 Å². The number of hydrogen-bond donors (Lipinski definition) is 2. The van der Waals surface area contributed by atoms with Gasteiger partial charge >= 0.3 is 0 Å². The summed E-state index contributed by atoms with van der Waals surface area (Å²) in [6.07, 6.45) is 2.09. The van der Waals surface area contributed by atoms with Crippen LogP contribution in [0, 0.1) is 0 Å². The maximum atomic E-state index is 12.3. The van der Waals surface area contributed by atoms with Crippen LogP contribution in [-0.4, -0.2) is 27.6 Å². The van der Waals surface area contributed by atoms with E-state index in [1.54, 1.807) is 12.1 Å². The molecule has 3 N–H and O–H groups in total. The summed E-state index contributed by atoms with van der Waals surface area (Å²) in [5.74, 6) is 0.966. The fourth-order valence-corrected chi connectivity index (χ4v) is 3.48. The summed E-state index contributed by atoms with van der Waals surface area (Å²) in [5.41, 5.74) is 7.48. The summed E-state index contributed by atoms with van der Waals surface area (Å²) in [6.45, 7) is 8.18. The molecule has 1 aliphatic heterocycles. The summed E-state index contributed by atoms with van der Waals surface area (Å²) >= 11 is 0. The van der Waals surface area contributed by atoms with Gasteiger partial charge < -0.3 is 10.5 Å². The summed E-state index contributed by atoms with van der Waals surface area (Å²) in [4.78, 5) is 0.271. The zero-order chi connectivity index (χ0) is 15.6. The lowest BCUT2D eigenvalue weighted by atomic mass is 9.98. The van der Waals surface area contributed by atoms with Crippen LogP contribution in [0.1, 0.15) is 30.9 Å².